The van der Waals surface area contributed by atoms with Crippen LogP contribution >= 0.6 is 31.9 Å². The lowest BCUT2D eigenvalue weighted by molar-refractivity contribution is -0.112. The van der Waals surface area contributed by atoms with Crippen molar-refractivity contribution in [3.63, 3.8) is 0 Å². The van der Waals surface area contributed by atoms with Gasteiger partial charge in [0.2, 0.25) is 0 Å². The van der Waals surface area contributed by atoms with E-state index in [1.807, 2.05) is 72.8 Å². The third kappa shape index (κ3) is 7.43. The summed E-state index contributed by atoms with van der Waals surface area (Å²) in [5.74, 6) is 0.717. The van der Waals surface area contributed by atoms with Crippen LogP contribution in [-0.2, 0) is 18.0 Å². The summed E-state index contributed by atoms with van der Waals surface area (Å²) >= 11 is 6.91. The van der Waals surface area contributed by atoms with E-state index >= 15 is 0 Å². The molecule has 0 fully saturated rings. The van der Waals surface area contributed by atoms with Gasteiger partial charge in [0.1, 0.15) is 36.4 Å². The average Bonchev–Trinajstić information content (AvgIpc) is 2.99. The van der Waals surface area contributed by atoms with Crippen molar-refractivity contribution in [2.45, 2.75) is 13.2 Å². The number of carbonyl (C=O) groups is 1. The van der Waals surface area contributed by atoms with Crippen molar-refractivity contribution < 1.29 is 14.3 Å². The Morgan fingerprint density at radius 1 is 0.805 bits per heavy atom. The number of anilines is 1. The van der Waals surface area contributed by atoms with E-state index < -0.39 is 5.91 Å². The van der Waals surface area contributed by atoms with E-state index in [2.05, 4.69) is 55.4 Å². The predicted octanol–water partition coefficient (Wildman–Crippen LogP) is 9.07. The molecule has 5 rings (SSSR count). The van der Waals surface area contributed by atoms with Gasteiger partial charge in [-0.05, 0) is 82.6 Å². The highest BCUT2D eigenvalue weighted by Gasteiger charge is 2.13. The summed E-state index contributed by atoms with van der Waals surface area (Å²) in [6.45, 7) is 0.770. The van der Waals surface area contributed by atoms with Crippen molar-refractivity contribution in [2.24, 2.45) is 0 Å². The Hall–Kier alpha value is -4.38. The molecule has 5 aromatic rings. The van der Waals surface area contributed by atoms with Crippen LogP contribution < -0.4 is 14.8 Å². The summed E-state index contributed by atoms with van der Waals surface area (Å²) in [5, 5.41) is 14.8. The molecule has 0 aliphatic carbocycles. The Morgan fingerprint density at radius 2 is 1.54 bits per heavy atom. The Morgan fingerprint density at radius 3 is 2.32 bits per heavy atom. The summed E-state index contributed by atoms with van der Waals surface area (Å²) in [7, 11) is 0. The lowest BCUT2D eigenvalue weighted by Crippen LogP contribution is -2.13. The Labute approximate surface area is 255 Å². The molecule has 0 bridgehead atoms. The Kier molecular flexibility index (Phi) is 9.15. The molecule has 0 aliphatic heterocycles. The molecule has 41 heavy (non-hydrogen) atoms. The van der Waals surface area contributed by atoms with Gasteiger partial charge in [-0.2, -0.15) is 5.26 Å². The monoisotopic (exact) mass is 666 g/mol. The fraction of sp³-hybridized carbons (Fsp3) is 0.0588. The minimum Gasteiger partial charge on any atom is -0.489 e. The molecule has 0 saturated heterocycles. The molecule has 7 heteroatoms. The van der Waals surface area contributed by atoms with Crippen molar-refractivity contribution in [1.82, 2.24) is 0 Å². The molecule has 1 N–H and O–H groups in total. The number of nitrogens with one attached hydrogen (secondary N) is 1. The Balaban J connectivity index is 1.27. The number of fused-ring (bicyclic) bond motifs is 1. The van der Waals surface area contributed by atoms with Gasteiger partial charge in [0, 0.05) is 20.2 Å². The van der Waals surface area contributed by atoms with Gasteiger partial charge in [0.05, 0.1) is 0 Å². The number of rotatable bonds is 9. The number of hydrogen-bond acceptors (Lipinski definition) is 4. The lowest BCUT2D eigenvalue weighted by Gasteiger charge is -2.12. The number of carbonyl (C=O) groups excluding carboxylic acids is 1. The highest BCUT2D eigenvalue weighted by molar-refractivity contribution is 9.10. The number of nitrogens with zero attached hydrogens (tertiary/aromatic N) is 1. The van der Waals surface area contributed by atoms with Gasteiger partial charge < -0.3 is 14.8 Å². The predicted molar refractivity (Wildman–Crippen MR) is 170 cm³/mol. The maximum Gasteiger partial charge on any atom is 0.266 e. The van der Waals surface area contributed by atoms with Gasteiger partial charge >= 0.3 is 0 Å². The van der Waals surface area contributed by atoms with E-state index in [0.29, 0.717) is 36.0 Å². The molecule has 0 aromatic heterocycles. The third-order valence-electron chi connectivity index (χ3n) is 6.33. The van der Waals surface area contributed by atoms with Gasteiger partial charge in [-0.25, -0.2) is 0 Å². The third-order valence-corrected chi connectivity index (χ3v) is 7.35. The first-order chi connectivity index (χ1) is 20.0. The van der Waals surface area contributed by atoms with E-state index in [9.17, 15) is 10.1 Å². The van der Waals surface area contributed by atoms with Crippen LogP contribution in [0.3, 0.4) is 0 Å². The second-order valence-corrected chi connectivity index (χ2v) is 11.0. The van der Waals surface area contributed by atoms with E-state index in [4.69, 9.17) is 9.47 Å². The average molecular weight is 668 g/mol. The van der Waals surface area contributed by atoms with Crippen molar-refractivity contribution in [1.29, 1.82) is 5.26 Å². The zero-order valence-corrected chi connectivity index (χ0v) is 25.0. The van der Waals surface area contributed by atoms with E-state index in [-0.39, 0.29) is 5.57 Å². The zero-order valence-electron chi connectivity index (χ0n) is 21.8. The highest BCUT2D eigenvalue weighted by Crippen LogP contribution is 2.28. The quantitative estimate of drug-likeness (QED) is 0.126. The van der Waals surface area contributed by atoms with Crippen molar-refractivity contribution in [2.75, 3.05) is 5.32 Å². The molecule has 0 aliphatic rings. The molecule has 5 aromatic carbocycles. The molecular formula is C34H24Br2N2O3. The maximum absolute atomic E-state index is 13.0. The lowest BCUT2D eigenvalue weighted by atomic mass is 10.1. The molecule has 202 valence electrons. The normalized spacial score (nSPS) is 11.1. The SMILES string of the molecule is N#C/C(=C\c1cc(Br)ccc1OCc1cccc2ccccc12)C(=O)Nc1ccc(OCc2ccc(Br)cc2)cc1. The molecule has 0 saturated carbocycles. The highest BCUT2D eigenvalue weighted by atomic mass is 79.9. The van der Waals surface area contributed by atoms with Crippen LogP contribution in [0.2, 0.25) is 0 Å². The first-order valence-electron chi connectivity index (χ1n) is 12.8. The minimum absolute atomic E-state index is 0.0475. The topological polar surface area (TPSA) is 71.3 Å². The molecule has 0 spiro atoms. The van der Waals surface area contributed by atoms with Crippen LogP contribution in [0.25, 0.3) is 16.8 Å². The minimum atomic E-state index is -0.518. The van der Waals surface area contributed by atoms with Crippen molar-refractivity contribution >= 4 is 60.3 Å². The number of hydrogen-bond donors (Lipinski definition) is 1. The smallest absolute Gasteiger partial charge is 0.266 e. The van der Waals surface area contributed by atoms with Gasteiger partial charge in [0.25, 0.3) is 5.91 Å². The van der Waals surface area contributed by atoms with Gasteiger partial charge in [-0.3, -0.25) is 4.79 Å². The van der Waals surface area contributed by atoms with Crippen LogP contribution in [0, 0.1) is 11.3 Å². The molecule has 0 radical (unpaired) electrons. The van der Waals surface area contributed by atoms with E-state index in [1.54, 1.807) is 24.3 Å². The summed E-state index contributed by atoms with van der Waals surface area (Å²) in [4.78, 5) is 13.0. The van der Waals surface area contributed by atoms with Crippen molar-refractivity contribution in [3.8, 4) is 17.6 Å². The fourth-order valence-electron chi connectivity index (χ4n) is 4.22. The van der Waals surface area contributed by atoms with Gasteiger partial charge in [-0.15, -0.1) is 0 Å². The van der Waals surface area contributed by atoms with E-state index in [0.717, 1.165) is 30.8 Å². The molecule has 0 heterocycles. The number of halogens is 2. The largest absolute Gasteiger partial charge is 0.489 e. The standard InChI is InChI=1S/C34H24Br2N2O3/c35-28-10-8-23(9-11-28)21-40-31-15-13-30(14-16-31)38-34(39)27(20-37)18-26-19-29(36)12-17-33(26)41-22-25-6-3-5-24-4-1-2-7-32(24)25/h1-19H,21-22H2,(H,38,39)/b27-18+. The molecule has 5 nitrogen and oxygen atoms in total. The van der Waals surface area contributed by atoms with Crippen LogP contribution in [0.4, 0.5) is 5.69 Å². The van der Waals surface area contributed by atoms with Crippen molar-refractivity contribution in [3.05, 3.63) is 140 Å². The number of nitriles is 1. The summed E-state index contributed by atoms with van der Waals surface area (Å²) in [6, 6.07) is 36.7. The number of amides is 1. The van der Waals surface area contributed by atoms with Gasteiger partial charge in [-0.1, -0.05) is 86.5 Å². The first kappa shape index (κ1) is 28.2. The summed E-state index contributed by atoms with van der Waals surface area (Å²) in [5.41, 5.74) is 3.20. The summed E-state index contributed by atoms with van der Waals surface area (Å²) < 4.78 is 13.8. The number of ether oxygens (including phenoxy) is 2. The number of benzene rings is 5. The van der Waals surface area contributed by atoms with Gasteiger partial charge in [0.15, 0.2) is 0 Å². The van der Waals surface area contributed by atoms with Crippen LogP contribution in [0.5, 0.6) is 11.5 Å². The molecule has 1 amide bonds. The van der Waals surface area contributed by atoms with Crippen LogP contribution in [0.15, 0.2) is 124 Å². The summed E-state index contributed by atoms with van der Waals surface area (Å²) in [6.07, 6.45) is 1.54. The van der Waals surface area contributed by atoms with Crippen LogP contribution in [-0.4, -0.2) is 5.91 Å². The second-order valence-electron chi connectivity index (χ2n) is 9.17. The zero-order chi connectivity index (χ0) is 28.6. The molecular weight excluding hydrogens is 644 g/mol. The van der Waals surface area contributed by atoms with Crippen LogP contribution in [0.1, 0.15) is 16.7 Å². The molecule has 0 unspecified atom stereocenters. The molecule has 0 atom stereocenters. The second kappa shape index (κ2) is 13.3. The Bertz CT molecular complexity index is 1750. The first-order valence-corrected chi connectivity index (χ1v) is 14.4. The maximum atomic E-state index is 13.0. The fourth-order valence-corrected chi connectivity index (χ4v) is 4.86. The van der Waals surface area contributed by atoms with E-state index in [1.165, 1.54) is 6.08 Å².